The average Bonchev–Trinajstić information content (AvgIpc) is 3.09. The van der Waals surface area contributed by atoms with E-state index in [1.165, 1.54) is 0 Å². The first-order chi connectivity index (χ1) is 13.1. The minimum absolute atomic E-state index is 0.00980. The summed E-state index contributed by atoms with van der Waals surface area (Å²) < 4.78 is 5.45. The lowest BCUT2D eigenvalue weighted by atomic mass is 9.95. The largest absolute Gasteiger partial charge is 0.482 e. The predicted octanol–water partition coefficient (Wildman–Crippen LogP) is 1.76. The van der Waals surface area contributed by atoms with Gasteiger partial charge in [0, 0.05) is 38.0 Å². The Balaban J connectivity index is 1.40. The van der Waals surface area contributed by atoms with Crippen molar-refractivity contribution in [3.05, 3.63) is 60.2 Å². The van der Waals surface area contributed by atoms with Crippen molar-refractivity contribution in [3.63, 3.8) is 0 Å². The summed E-state index contributed by atoms with van der Waals surface area (Å²) in [6.45, 7) is 1.53. The lowest BCUT2D eigenvalue weighted by Crippen LogP contribution is -2.41. The van der Waals surface area contributed by atoms with Crippen LogP contribution in [0, 0.1) is 0 Å². The van der Waals surface area contributed by atoms with Gasteiger partial charge in [0.05, 0.1) is 5.69 Å². The third-order valence-corrected chi connectivity index (χ3v) is 5.30. The molecule has 0 bridgehead atoms. The van der Waals surface area contributed by atoms with Gasteiger partial charge < -0.3 is 20.3 Å². The van der Waals surface area contributed by atoms with Crippen molar-refractivity contribution in [2.45, 2.75) is 18.4 Å². The zero-order chi connectivity index (χ0) is 18.8. The molecule has 0 radical (unpaired) electrons. The fourth-order valence-electron chi connectivity index (χ4n) is 3.85. The highest BCUT2D eigenvalue weighted by Crippen LogP contribution is 2.32. The van der Waals surface area contributed by atoms with Gasteiger partial charge in [0.25, 0.3) is 5.91 Å². The smallest absolute Gasteiger partial charge is 0.265 e. The Morgan fingerprint density at radius 1 is 1.07 bits per heavy atom. The van der Waals surface area contributed by atoms with Gasteiger partial charge in [0.15, 0.2) is 6.61 Å². The monoisotopic (exact) mass is 365 g/mol. The maximum atomic E-state index is 12.7. The van der Waals surface area contributed by atoms with Crippen LogP contribution in [0.3, 0.4) is 0 Å². The van der Waals surface area contributed by atoms with Gasteiger partial charge in [-0.15, -0.1) is 0 Å². The molecule has 2 amide bonds. The highest BCUT2D eigenvalue weighted by molar-refractivity contribution is 5.98. The zero-order valence-corrected chi connectivity index (χ0v) is 15.1. The number of anilines is 1. The fraction of sp³-hybridized carbons (Fsp3) is 0.333. The molecule has 2 atom stereocenters. The topological polar surface area (TPSA) is 75.9 Å². The van der Waals surface area contributed by atoms with Crippen molar-refractivity contribution in [1.29, 1.82) is 0 Å². The zero-order valence-electron chi connectivity index (χ0n) is 15.1. The second-order valence-corrected chi connectivity index (χ2v) is 7.03. The quantitative estimate of drug-likeness (QED) is 0.896. The van der Waals surface area contributed by atoms with Gasteiger partial charge in [-0.3, -0.25) is 9.59 Å². The Hall–Kier alpha value is -2.86. The number of nitrogens with zero attached hydrogens (tertiary/aromatic N) is 2. The third kappa shape index (κ3) is 3.53. The highest BCUT2D eigenvalue weighted by atomic mass is 16.5. The fourth-order valence-corrected chi connectivity index (χ4v) is 3.85. The average molecular weight is 365 g/mol. The minimum Gasteiger partial charge on any atom is -0.482 e. The van der Waals surface area contributed by atoms with Crippen molar-refractivity contribution in [1.82, 2.24) is 4.90 Å². The Kier molecular flexibility index (Phi) is 4.81. The second-order valence-electron chi connectivity index (χ2n) is 7.03. The molecule has 0 aromatic heterocycles. The summed E-state index contributed by atoms with van der Waals surface area (Å²) in [5.41, 5.74) is 8.18. The van der Waals surface area contributed by atoms with E-state index in [4.69, 9.17) is 10.5 Å². The molecule has 2 aliphatic rings. The molecule has 2 N–H and O–H groups in total. The van der Waals surface area contributed by atoms with Crippen molar-refractivity contribution in [2.24, 2.45) is 5.73 Å². The van der Waals surface area contributed by atoms with Crippen LogP contribution in [0.5, 0.6) is 5.75 Å². The molecule has 6 heteroatoms. The number of carbonyl (C=O) groups is 2. The van der Waals surface area contributed by atoms with Gasteiger partial charge in [-0.05, 0) is 17.7 Å². The van der Waals surface area contributed by atoms with Crippen molar-refractivity contribution in [3.8, 4) is 5.75 Å². The molecule has 2 aromatic carbocycles. The summed E-state index contributed by atoms with van der Waals surface area (Å²) in [6, 6.07) is 17.4. The molecule has 4 rings (SSSR count). The predicted molar refractivity (Wildman–Crippen MR) is 103 cm³/mol. The molecule has 1 saturated heterocycles. The number of ether oxygens (including phenoxy) is 1. The van der Waals surface area contributed by atoms with E-state index in [0.717, 1.165) is 11.3 Å². The van der Waals surface area contributed by atoms with Crippen LogP contribution in [0.25, 0.3) is 0 Å². The summed E-state index contributed by atoms with van der Waals surface area (Å²) in [6.07, 6.45) is 0.272. The van der Waals surface area contributed by atoms with E-state index in [1.807, 2.05) is 47.4 Å². The van der Waals surface area contributed by atoms with Crippen LogP contribution in [-0.2, 0) is 9.59 Å². The van der Waals surface area contributed by atoms with Gasteiger partial charge in [-0.2, -0.15) is 0 Å². The van der Waals surface area contributed by atoms with E-state index in [2.05, 4.69) is 12.1 Å². The molecule has 6 nitrogen and oxygen atoms in total. The van der Waals surface area contributed by atoms with Crippen LogP contribution in [0.1, 0.15) is 17.9 Å². The number of hydrogen-bond acceptors (Lipinski definition) is 4. The number of benzene rings is 2. The Morgan fingerprint density at radius 3 is 2.63 bits per heavy atom. The summed E-state index contributed by atoms with van der Waals surface area (Å²) in [5.74, 6) is 0.736. The molecule has 2 aromatic rings. The summed E-state index contributed by atoms with van der Waals surface area (Å²) in [7, 11) is 0. The molecular formula is C21H23N3O3. The van der Waals surface area contributed by atoms with E-state index >= 15 is 0 Å². The molecule has 27 heavy (non-hydrogen) atoms. The van der Waals surface area contributed by atoms with Crippen LogP contribution in [0.15, 0.2) is 54.6 Å². The summed E-state index contributed by atoms with van der Waals surface area (Å²) in [5, 5.41) is 0. The minimum atomic E-state index is -0.123. The summed E-state index contributed by atoms with van der Waals surface area (Å²) in [4.78, 5) is 28.4. The molecule has 2 aliphatic heterocycles. The van der Waals surface area contributed by atoms with E-state index < -0.39 is 0 Å². The first-order valence-electron chi connectivity index (χ1n) is 9.24. The Labute approximate surface area is 158 Å². The van der Waals surface area contributed by atoms with Crippen molar-refractivity contribution in [2.75, 3.05) is 31.1 Å². The number of rotatable bonds is 4. The van der Waals surface area contributed by atoms with Gasteiger partial charge in [-0.1, -0.05) is 42.5 Å². The number of carbonyl (C=O) groups excluding carboxylic acids is 2. The van der Waals surface area contributed by atoms with E-state index in [0.29, 0.717) is 25.4 Å². The SMILES string of the molecule is N[C@@H]1CN(C(=O)CCN2C(=O)COc3ccccc32)C[C@H]1c1ccccc1. The number of likely N-dealkylation sites (tertiary alicyclic amines) is 1. The maximum absolute atomic E-state index is 12.7. The molecular weight excluding hydrogens is 342 g/mol. The van der Waals surface area contributed by atoms with Gasteiger partial charge in [-0.25, -0.2) is 0 Å². The normalized spacial score (nSPS) is 21.7. The molecule has 0 spiro atoms. The Bertz CT molecular complexity index is 840. The summed E-state index contributed by atoms with van der Waals surface area (Å²) >= 11 is 0. The van der Waals surface area contributed by atoms with Crippen LogP contribution in [-0.4, -0.2) is 49.0 Å². The van der Waals surface area contributed by atoms with Crippen molar-refractivity contribution < 1.29 is 14.3 Å². The first-order valence-corrected chi connectivity index (χ1v) is 9.24. The van der Waals surface area contributed by atoms with E-state index in [9.17, 15) is 9.59 Å². The molecule has 140 valence electrons. The number of fused-ring (bicyclic) bond motifs is 1. The van der Waals surface area contributed by atoms with Crippen LogP contribution in [0.4, 0.5) is 5.69 Å². The molecule has 2 heterocycles. The van der Waals surface area contributed by atoms with Gasteiger partial charge >= 0.3 is 0 Å². The van der Waals surface area contributed by atoms with Crippen LogP contribution < -0.4 is 15.4 Å². The van der Waals surface area contributed by atoms with Crippen molar-refractivity contribution >= 4 is 17.5 Å². The van der Waals surface area contributed by atoms with E-state index in [1.54, 1.807) is 4.90 Å². The lowest BCUT2D eigenvalue weighted by Gasteiger charge is -2.29. The number of hydrogen-bond donors (Lipinski definition) is 1. The van der Waals surface area contributed by atoms with Gasteiger partial charge in [0.1, 0.15) is 5.75 Å². The lowest BCUT2D eigenvalue weighted by molar-refractivity contribution is -0.130. The maximum Gasteiger partial charge on any atom is 0.265 e. The number of nitrogens with two attached hydrogens (primary N) is 1. The van der Waals surface area contributed by atoms with Crippen LogP contribution >= 0.6 is 0 Å². The Morgan fingerprint density at radius 2 is 1.81 bits per heavy atom. The third-order valence-electron chi connectivity index (χ3n) is 5.30. The van der Waals surface area contributed by atoms with Crippen LogP contribution in [0.2, 0.25) is 0 Å². The van der Waals surface area contributed by atoms with E-state index in [-0.39, 0.29) is 36.8 Å². The molecule has 0 aliphatic carbocycles. The highest BCUT2D eigenvalue weighted by Gasteiger charge is 2.34. The second kappa shape index (κ2) is 7.40. The molecule has 0 saturated carbocycles. The van der Waals surface area contributed by atoms with Gasteiger partial charge in [0.2, 0.25) is 5.91 Å². The standard InChI is InChI=1S/C21H23N3O3/c22-17-13-23(12-16(17)15-6-2-1-3-7-15)20(25)10-11-24-18-8-4-5-9-19(18)27-14-21(24)26/h1-9,16-17H,10-14,22H2/t16-,17+/m0/s1. The first kappa shape index (κ1) is 17.5. The number of para-hydroxylation sites is 2. The number of amides is 2. The molecule has 0 unspecified atom stereocenters. The molecule has 1 fully saturated rings.